The second-order valence-corrected chi connectivity index (χ2v) is 14.7. The maximum absolute atomic E-state index is 13.4. The van der Waals surface area contributed by atoms with Crippen molar-refractivity contribution < 1.29 is 18.8 Å². The molecule has 0 spiro atoms. The number of piperidine rings is 1. The first kappa shape index (κ1) is 35.2. The monoisotopic (exact) mass is 637 g/mol. The Hall–Kier alpha value is -2.64. The summed E-state index contributed by atoms with van der Waals surface area (Å²) in [7, 11) is 2.24. The van der Waals surface area contributed by atoms with Crippen molar-refractivity contribution in [2.24, 2.45) is 0 Å². The van der Waals surface area contributed by atoms with Crippen LogP contribution in [-0.4, -0.2) is 55.1 Å². The van der Waals surface area contributed by atoms with Crippen molar-refractivity contribution >= 4 is 33.1 Å². The lowest BCUT2D eigenvalue weighted by Crippen LogP contribution is -2.49. The third-order valence-corrected chi connectivity index (χ3v) is 10.6. The molecule has 1 aromatic carbocycles. The fraction of sp³-hybridized carbons (Fsp3) is 0.632. The third-order valence-electron chi connectivity index (χ3n) is 9.48. The van der Waals surface area contributed by atoms with Gasteiger partial charge in [0.05, 0.1) is 35.4 Å². The number of rotatable bonds is 20. The molecule has 1 atom stereocenters. The molecular formula is C38H57N2O4S+. The Morgan fingerprint density at radius 2 is 1.51 bits per heavy atom. The predicted molar refractivity (Wildman–Crippen MR) is 190 cm³/mol. The van der Waals surface area contributed by atoms with Crippen LogP contribution in [-0.2, 0) is 11.2 Å². The lowest BCUT2D eigenvalue weighted by molar-refractivity contribution is -0.902. The van der Waals surface area contributed by atoms with Crippen LogP contribution < -0.4 is 10.3 Å². The van der Waals surface area contributed by atoms with E-state index in [9.17, 15) is 14.7 Å². The van der Waals surface area contributed by atoms with Gasteiger partial charge in [0.1, 0.15) is 12.1 Å². The zero-order chi connectivity index (χ0) is 32.1. The smallest absolute Gasteiger partial charge is 0.235 e. The SMILES string of the molecule is CCCCCCCCCCCC[N+](C)(CCCC)CC(=O)Cc1ccc2c(=O)c(O)c(-c3ccc(N4CCCCC4)s3)oc2c1. The van der Waals surface area contributed by atoms with Gasteiger partial charge in [0.15, 0.2) is 11.5 Å². The maximum Gasteiger partial charge on any atom is 0.235 e. The van der Waals surface area contributed by atoms with Crippen LogP contribution in [0, 0.1) is 0 Å². The number of anilines is 1. The highest BCUT2D eigenvalue weighted by Crippen LogP contribution is 2.39. The van der Waals surface area contributed by atoms with Gasteiger partial charge in [-0.3, -0.25) is 9.59 Å². The lowest BCUT2D eigenvalue weighted by atomic mass is 10.0. The number of unbranched alkanes of at least 4 members (excludes halogenated alkanes) is 10. The molecule has 0 bridgehead atoms. The van der Waals surface area contributed by atoms with Gasteiger partial charge in [-0.1, -0.05) is 77.7 Å². The number of ketones is 1. The maximum atomic E-state index is 13.4. The van der Waals surface area contributed by atoms with E-state index in [4.69, 9.17) is 4.42 Å². The Bertz CT molecular complexity index is 1410. The van der Waals surface area contributed by atoms with Crippen molar-refractivity contribution in [3.05, 3.63) is 46.1 Å². The number of hydrogen-bond donors (Lipinski definition) is 1. The van der Waals surface area contributed by atoms with E-state index in [-0.39, 0.29) is 17.3 Å². The number of fused-ring (bicyclic) bond motifs is 1. The van der Waals surface area contributed by atoms with E-state index in [1.807, 2.05) is 24.3 Å². The first-order chi connectivity index (χ1) is 21.8. The highest BCUT2D eigenvalue weighted by molar-refractivity contribution is 7.19. The molecule has 4 rings (SSSR count). The Kier molecular flexibility index (Phi) is 14.0. The molecule has 1 saturated heterocycles. The summed E-state index contributed by atoms with van der Waals surface area (Å²) in [5.41, 5.74) is 0.824. The molecule has 45 heavy (non-hydrogen) atoms. The van der Waals surface area contributed by atoms with Gasteiger partial charge >= 0.3 is 0 Å². The van der Waals surface area contributed by atoms with E-state index in [0.717, 1.165) is 58.9 Å². The number of likely N-dealkylation sites (N-methyl/N-ethyl adjacent to an activating group) is 1. The summed E-state index contributed by atoms with van der Waals surface area (Å²) < 4.78 is 6.97. The van der Waals surface area contributed by atoms with Crippen molar-refractivity contribution in [1.82, 2.24) is 0 Å². The molecule has 1 unspecified atom stereocenters. The molecule has 7 heteroatoms. The highest BCUT2D eigenvalue weighted by atomic mass is 32.1. The molecule has 0 amide bonds. The minimum atomic E-state index is -0.433. The van der Waals surface area contributed by atoms with E-state index in [0.29, 0.717) is 23.9 Å². The van der Waals surface area contributed by atoms with Crippen LogP contribution in [0.1, 0.15) is 116 Å². The van der Waals surface area contributed by atoms with Crippen molar-refractivity contribution in [3.63, 3.8) is 0 Å². The van der Waals surface area contributed by atoms with Crippen molar-refractivity contribution in [3.8, 4) is 16.4 Å². The summed E-state index contributed by atoms with van der Waals surface area (Å²) in [5, 5.41) is 12.3. The molecule has 0 saturated carbocycles. The summed E-state index contributed by atoms with van der Waals surface area (Å²) in [6, 6.07) is 9.31. The van der Waals surface area contributed by atoms with Crippen LogP contribution in [0.4, 0.5) is 5.00 Å². The van der Waals surface area contributed by atoms with Gasteiger partial charge in [-0.2, -0.15) is 0 Å². The van der Waals surface area contributed by atoms with E-state index in [1.165, 1.54) is 83.5 Å². The van der Waals surface area contributed by atoms with E-state index < -0.39 is 5.43 Å². The molecule has 0 radical (unpaired) electrons. The van der Waals surface area contributed by atoms with Crippen LogP contribution >= 0.6 is 11.3 Å². The molecule has 2 aromatic heterocycles. The number of nitrogens with zero attached hydrogens (tertiary/aromatic N) is 2. The standard InChI is InChI=1S/C38H56N2O4S/c1-4-6-8-9-10-11-12-13-14-18-26-40(3,25-7-5-2)29-31(41)27-30-19-20-32-33(28-30)44-38(37(43)36(32)42)34-21-22-35(45-34)39-23-16-15-17-24-39/h19-22,28H,4-18,23-27,29H2,1-3H3/p+1. The summed E-state index contributed by atoms with van der Waals surface area (Å²) >= 11 is 1.54. The fourth-order valence-electron chi connectivity index (χ4n) is 6.74. The molecular weight excluding hydrogens is 580 g/mol. The number of Topliss-reactive ketones (excluding diaryl/α,β-unsaturated/α-hetero) is 1. The molecule has 0 aliphatic carbocycles. The van der Waals surface area contributed by atoms with Gasteiger partial charge in [0, 0.05) is 19.5 Å². The number of carbonyl (C=O) groups is 1. The minimum absolute atomic E-state index is 0.213. The summed E-state index contributed by atoms with van der Waals surface area (Å²) in [5.74, 6) is 0.0738. The second kappa shape index (κ2) is 17.9. The number of quaternary nitrogens is 1. The van der Waals surface area contributed by atoms with Gasteiger partial charge in [0.2, 0.25) is 11.2 Å². The Morgan fingerprint density at radius 3 is 2.20 bits per heavy atom. The Morgan fingerprint density at radius 1 is 0.867 bits per heavy atom. The number of benzene rings is 1. The highest BCUT2D eigenvalue weighted by Gasteiger charge is 2.25. The molecule has 1 aliphatic heterocycles. The Balaban J connectivity index is 1.36. The van der Waals surface area contributed by atoms with Crippen LogP contribution in [0.2, 0.25) is 0 Å². The first-order valence-electron chi connectivity index (χ1n) is 17.8. The van der Waals surface area contributed by atoms with Gasteiger partial charge in [-0.05, 0) is 68.4 Å². The quantitative estimate of drug-likeness (QED) is 0.0987. The van der Waals surface area contributed by atoms with Gasteiger partial charge < -0.3 is 18.9 Å². The zero-order valence-electron chi connectivity index (χ0n) is 28.2. The molecule has 248 valence electrons. The molecule has 1 N–H and O–H groups in total. The molecule has 1 aliphatic rings. The Labute approximate surface area is 275 Å². The van der Waals surface area contributed by atoms with Gasteiger partial charge in [-0.25, -0.2) is 0 Å². The van der Waals surface area contributed by atoms with Crippen LogP contribution in [0.5, 0.6) is 5.75 Å². The van der Waals surface area contributed by atoms with E-state index in [1.54, 1.807) is 17.4 Å². The molecule has 6 nitrogen and oxygen atoms in total. The van der Waals surface area contributed by atoms with E-state index >= 15 is 0 Å². The number of aromatic hydroxyl groups is 1. The molecule has 3 heterocycles. The first-order valence-corrected chi connectivity index (χ1v) is 18.6. The normalized spacial score (nSPS) is 15.0. The fourth-order valence-corrected chi connectivity index (χ4v) is 7.78. The summed E-state index contributed by atoms with van der Waals surface area (Å²) in [4.78, 5) is 29.6. The van der Waals surface area contributed by atoms with Crippen LogP contribution in [0.25, 0.3) is 21.6 Å². The van der Waals surface area contributed by atoms with Crippen LogP contribution in [0.3, 0.4) is 0 Å². The second-order valence-electron chi connectivity index (χ2n) is 13.6. The third kappa shape index (κ3) is 10.4. The van der Waals surface area contributed by atoms with Gasteiger partial charge in [0.25, 0.3) is 0 Å². The van der Waals surface area contributed by atoms with Crippen molar-refractivity contribution in [2.45, 2.75) is 117 Å². The summed E-state index contributed by atoms with van der Waals surface area (Å²) in [6.45, 7) is 9.12. The average Bonchev–Trinajstić information content (AvgIpc) is 3.53. The van der Waals surface area contributed by atoms with E-state index in [2.05, 4.69) is 25.8 Å². The number of hydrogen-bond acceptors (Lipinski definition) is 6. The molecule has 3 aromatic rings. The van der Waals surface area contributed by atoms with Crippen LogP contribution in [0.15, 0.2) is 39.5 Å². The number of thiophene rings is 1. The zero-order valence-corrected chi connectivity index (χ0v) is 29.0. The largest absolute Gasteiger partial charge is 0.501 e. The summed E-state index contributed by atoms with van der Waals surface area (Å²) in [6.07, 6.45) is 19.4. The average molecular weight is 638 g/mol. The van der Waals surface area contributed by atoms with Gasteiger partial charge in [-0.15, -0.1) is 11.3 Å². The topological polar surface area (TPSA) is 70.8 Å². The predicted octanol–water partition coefficient (Wildman–Crippen LogP) is 9.50. The van der Waals surface area contributed by atoms with Crippen molar-refractivity contribution in [2.75, 3.05) is 44.7 Å². The number of carbonyl (C=O) groups excluding carboxylic acids is 1. The molecule has 1 fully saturated rings. The van der Waals surface area contributed by atoms with Crippen molar-refractivity contribution in [1.29, 1.82) is 0 Å². The lowest BCUT2D eigenvalue weighted by Gasteiger charge is -2.34. The minimum Gasteiger partial charge on any atom is -0.501 e.